The highest BCUT2D eigenvalue weighted by molar-refractivity contribution is 6.39. The number of hydrogen-bond donors (Lipinski definition) is 2. The fraction of sp³-hybridized carbons (Fsp3) is 0.120. The molecule has 0 aliphatic heterocycles. The molecule has 0 unspecified atom stereocenters. The molecule has 180 valence electrons. The van der Waals surface area contributed by atoms with E-state index in [1.54, 1.807) is 60.7 Å². The molecule has 2 amide bonds. The van der Waals surface area contributed by atoms with E-state index in [4.69, 9.17) is 18.9 Å². The number of amides is 2. The fourth-order valence-electron chi connectivity index (χ4n) is 2.96. The summed E-state index contributed by atoms with van der Waals surface area (Å²) in [6.45, 7) is 0. The monoisotopic (exact) mass is 477 g/mol. The van der Waals surface area contributed by atoms with Gasteiger partial charge in [0.25, 0.3) is 0 Å². The number of ether oxygens (including phenoxy) is 4. The zero-order valence-corrected chi connectivity index (χ0v) is 19.2. The van der Waals surface area contributed by atoms with Crippen LogP contribution in [-0.4, -0.2) is 45.3 Å². The predicted octanol–water partition coefficient (Wildman–Crippen LogP) is 3.02. The first-order valence-electron chi connectivity index (χ1n) is 10.3. The quantitative estimate of drug-likeness (QED) is 0.168. The molecule has 0 radical (unpaired) electrons. The summed E-state index contributed by atoms with van der Waals surface area (Å²) in [7, 11) is 4.33. The second-order valence-corrected chi connectivity index (χ2v) is 6.85. The molecule has 35 heavy (non-hydrogen) atoms. The van der Waals surface area contributed by atoms with Gasteiger partial charge in [-0.15, -0.1) is 0 Å². The van der Waals surface area contributed by atoms with Crippen molar-refractivity contribution in [3.63, 3.8) is 0 Å². The van der Waals surface area contributed by atoms with Crippen LogP contribution in [0.2, 0.25) is 0 Å². The number of hydrazone groups is 1. The molecule has 3 aromatic carbocycles. The Morgan fingerprint density at radius 2 is 1.40 bits per heavy atom. The maximum atomic E-state index is 12.6. The molecule has 0 heterocycles. The van der Waals surface area contributed by atoms with Gasteiger partial charge in [0.05, 0.1) is 33.2 Å². The summed E-state index contributed by atoms with van der Waals surface area (Å²) in [6.07, 6.45) is 1.31. The second-order valence-electron chi connectivity index (χ2n) is 6.85. The number of carbonyl (C=O) groups is 3. The van der Waals surface area contributed by atoms with Crippen molar-refractivity contribution < 1.29 is 33.3 Å². The zero-order valence-electron chi connectivity index (χ0n) is 19.2. The zero-order chi connectivity index (χ0) is 25.2. The molecule has 3 rings (SSSR count). The Kier molecular flexibility index (Phi) is 8.38. The number of hydrogen-bond acceptors (Lipinski definition) is 8. The maximum absolute atomic E-state index is 12.6. The first-order chi connectivity index (χ1) is 17.0. The molecular formula is C25H23N3O7. The Labute approximate surface area is 201 Å². The number of methoxy groups -OCH3 is 3. The molecule has 0 saturated carbocycles. The molecule has 0 saturated heterocycles. The number of esters is 1. The van der Waals surface area contributed by atoms with Crippen LogP contribution in [0.25, 0.3) is 0 Å². The van der Waals surface area contributed by atoms with Gasteiger partial charge in [-0.1, -0.05) is 24.3 Å². The maximum Gasteiger partial charge on any atom is 0.347 e. The number of nitrogens with one attached hydrogen (secondary N) is 2. The van der Waals surface area contributed by atoms with E-state index >= 15 is 0 Å². The van der Waals surface area contributed by atoms with Crippen molar-refractivity contribution in [1.82, 2.24) is 5.43 Å². The van der Waals surface area contributed by atoms with Crippen LogP contribution >= 0.6 is 0 Å². The number of carbonyl (C=O) groups excluding carboxylic acids is 3. The summed E-state index contributed by atoms with van der Waals surface area (Å²) in [5, 5.41) is 6.23. The van der Waals surface area contributed by atoms with Crippen molar-refractivity contribution in [2.45, 2.75) is 0 Å². The summed E-state index contributed by atoms with van der Waals surface area (Å²) < 4.78 is 21.1. The van der Waals surface area contributed by atoms with Crippen LogP contribution in [0.3, 0.4) is 0 Å². The van der Waals surface area contributed by atoms with Gasteiger partial charge in [0.2, 0.25) is 0 Å². The lowest BCUT2D eigenvalue weighted by atomic mass is 10.2. The Morgan fingerprint density at radius 1 is 0.743 bits per heavy atom. The van der Waals surface area contributed by atoms with E-state index in [-0.39, 0.29) is 17.1 Å². The topological polar surface area (TPSA) is 125 Å². The van der Waals surface area contributed by atoms with E-state index in [0.29, 0.717) is 22.7 Å². The molecular weight excluding hydrogens is 454 g/mol. The minimum atomic E-state index is -0.971. The SMILES string of the molecule is COc1ccccc1NC(=O)C(=O)NN=Cc1ccc(OC(=O)c2ccccc2OC)c(OC)c1. The van der Waals surface area contributed by atoms with Gasteiger partial charge in [0.1, 0.15) is 17.1 Å². The van der Waals surface area contributed by atoms with E-state index in [2.05, 4.69) is 15.8 Å². The first-order valence-corrected chi connectivity index (χ1v) is 10.3. The number of nitrogens with zero attached hydrogens (tertiary/aromatic N) is 1. The first kappa shape index (κ1) is 24.8. The largest absolute Gasteiger partial charge is 0.496 e. The van der Waals surface area contributed by atoms with Crippen LogP contribution in [0, 0.1) is 0 Å². The standard InChI is InChI=1S/C25H23N3O7/c1-32-19-10-6-4-8-17(19)25(31)35-21-13-12-16(14-22(21)34-3)15-26-28-24(30)23(29)27-18-9-5-7-11-20(18)33-2/h4-15H,1-3H3,(H,27,29)(H,28,30). The summed E-state index contributed by atoms with van der Waals surface area (Å²) >= 11 is 0. The third kappa shape index (κ3) is 6.35. The van der Waals surface area contributed by atoms with Gasteiger partial charge in [-0.2, -0.15) is 5.10 Å². The molecule has 0 bridgehead atoms. The van der Waals surface area contributed by atoms with Gasteiger partial charge < -0.3 is 24.3 Å². The highest BCUT2D eigenvalue weighted by Gasteiger charge is 2.17. The molecule has 10 nitrogen and oxygen atoms in total. The average molecular weight is 477 g/mol. The molecule has 0 fully saturated rings. The van der Waals surface area contributed by atoms with Crippen LogP contribution < -0.4 is 29.7 Å². The lowest BCUT2D eigenvalue weighted by Gasteiger charge is -2.11. The molecule has 3 aromatic rings. The third-order valence-electron chi connectivity index (χ3n) is 4.66. The Balaban J connectivity index is 1.63. The number of benzene rings is 3. The lowest BCUT2D eigenvalue weighted by Crippen LogP contribution is -2.32. The summed E-state index contributed by atoms with van der Waals surface area (Å²) in [4.78, 5) is 36.7. The summed E-state index contributed by atoms with van der Waals surface area (Å²) in [5.74, 6) is -1.26. The second kappa shape index (κ2) is 11.8. The molecule has 0 aliphatic carbocycles. The minimum Gasteiger partial charge on any atom is -0.496 e. The average Bonchev–Trinajstić information content (AvgIpc) is 2.89. The Bertz CT molecular complexity index is 1260. The van der Waals surface area contributed by atoms with Crippen molar-refractivity contribution in [2.75, 3.05) is 26.6 Å². The van der Waals surface area contributed by atoms with Gasteiger partial charge in [-0.3, -0.25) is 9.59 Å². The van der Waals surface area contributed by atoms with E-state index < -0.39 is 17.8 Å². The highest BCUT2D eigenvalue weighted by Crippen LogP contribution is 2.29. The van der Waals surface area contributed by atoms with Crippen molar-refractivity contribution >= 4 is 29.7 Å². The van der Waals surface area contributed by atoms with E-state index in [1.165, 1.54) is 33.6 Å². The number of anilines is 1. The molecule has 0 atom stereocenters. The van der Waals surface area contributed by atoms with Crippen molar-refractivity contribution in [3.8, 4) is 23.0 Å². The smallest absolute Gasteiger partial charge is 0.347 e. The van der Waals surface area contributed by atoms with Crippen LogP contribution in [0.5, 0.6) is 23.0 Å². The molecule has 0 aliphatic rings. The van der Waals surface area contributed by atoms with Gasteiger partial charge in [0, 0.05) is 0 Å². The summed E-state index contributed by atoms with van der Waals surface area (Å²) in [5.41, 5.74) is 3.27. The van der Waals surface area contributed by atoms with Crippen LogP contribution in [0.4, 0.5) is 5.69 Å². The van der Waals surface area contributed by atoms with E-state index in [0.717, 1.165) is 0 Å². The molecule has 10 heteroatoms. The van der Waals surface area contributed by atoms with Crippen molar-refractivity contribution in [1.29, 1.82) is 0 Å². The van der Waals surface area contributed by atoms with Crippen LogP contribution in [0.15, 0.2) is 71.8 Å². The van der Waals surface area contributed by atoms with Gasteiger partial charge in [0.15, 0.2) is 11.5 Å². The molecule has 2 N–H and O–H groups in total. The fourth-order valence-corrected chi connectivity index (χ4v) is 2.96. The van der Waals surface area contributed by atoms with E-state index in [9.17, 15) is 14.4 Å². The Hall–Kier alpha value is -4.86. The van der Waals surface area contributed by atoms with Gasteiger partial charge >= 0.3 is 17.8 Å². The molecule has 0 spiro atoms. The van der Waals surface area contributed by atoms with E-state index in [1.807, 2.05) is 0 Å². The predicted molar refractivity (Wildman–Crippen MR) is 128 cm³/mol. The van der Waals surface area contributed by atoms with Crippen molar-refractivity contribution in [2.24, 2.45) is 5.10 Å². The minimum absolute atomic E-state index is 0.181. The number of rotatable bonds is 8. The summed E-state index contributed by atoms with van der Waals surface area (Å²) in [6, 6.07) is 18.0. The number of para-hydroxylation sites is 3. The highest BCUT2D eigenvalue weighted by atomic mass is 16.6. The van der Waals surface area contributed by atoms with Gasteiger partial charge in [-0.25, -0.2) is 10.2 Å². The normalized spacial score (nSPS) is 10.4. The van der Waals surface area contributed by atoms with Crippen LogP contribution in [0.1, 0.15) is 15.9 Å². The third-order valence-corrected chi connectivity index (χ3v) is 4.66. The van der Waals surface area contributed by atoms with Crippen molar-refractivity contribution in [3.05, 3.63) is 77.9 Å². The Morgan fingerprint density at radius 3 is 2.11 bits per heavy atom. The lowest BCUT2D eigenvalue weighted by molar-refractivity contribution is -0.136. The molecule has 0 aromatic heterocycles. The van der Waals surface area contributed by atoms with Gasteiger partial charge in [-0.05, 0) is 48.0 Å². The van der Waals surface area contributed by atoms with Crippen LogP contribution in [-0.2, 0) is 9.59 Å².